The van der Waals surface area contributed by atoms with Crippen LogP contribution in [-0.4, -0.2) is 29.0 Å². The van der Waals surface area contributed by atoms with E-state index in [1.165, 1.54) is 11.3 Å². The standard InChI is InChI=1S/C17H27N3/c1-13(2)11-15(4)20-9-6-16(7-10-20)19-17-12-14(3)5-8-18-17/h5,8,12-13,16H,4,6-7,9-11H2,1-3H3,(H,18,19). The average molecular weight is 273 g/mol. The Labute approximate surface area is 123 Å². The summed E-state index contributed by atoms with van der Waals surface area (Å²) in [6.07, 6.45) is 5.30. The molecule has 1 aromatic rings. The predicted octanol–water partition coefficient (Wildman–Crippen LogP) is 3.83. The molecule has 20 heavy (non-hydrogen) atoms. The molecule has 0 radical (unpaired) electrons. The molecule has 0 aliphatic carbocycles. The minimum atomic E-state index is 0.535. The highest BCUT2D eigenvalue weighted by Gasteiger charge is 2.20. The van der Waals surface area contributed by atoms with Crippen LogP contribution in [0.5, 0.6) is 0 Å². The SMILES string of the molecule is C=C(CC(C)C)N1CCC(Nc2cc(C)ccn2)CC1. The van der Waals surface area contributed by atoms with Gasteiger partial charge in [-0.2, -0.15) is 0 Å². The van der Waals surface area contributed by atoms with Gasteiger partial charge in [-0.3, -0.25) is 0 Å². The first-order valence-corrected chi connectivity index (χ1v) is 7.66. The summed E-state index contributed by atoms with van der Waals surface area (Å²) < 4.78 is 0. The minimum absolute atomic E-state index is 0.535. The maximum atomic E-state index is 4.38. The first-order valence-electron chi connectivity index (χ1n) is 7.66. The molecule has 3 nitrogen and oxygen atoms in total. The van der Waals surface area contributed by atoms with E-state index >= 15 is 0 Å². The fraction of sp³-hybridized carbons (Fsp3) is 0.588. The van der Waals surface area contributed by atoms with Crippen LogP contribution in [0.4, 0.5) is 5.82 Å². The van der Waals surface area contributed by atoms with E-state index in [0.29, 0.717) is 12.0 Å². The summed E-state index contributed by atoms with van der Waals surface area (Å²) in [6, 6.07) is 4.68. The molecule has 2 rings (SSSR count). The molecule has 110 valence electrons. The molecular weight excluding hydrogens is 246 g/mol. The van der Waals surface area contributed by atoms with Crippen LogP contribution in [0.1, 0.15) is 38.7 Å². The maximum Gasteiger partial charge on any atom is 0.126 e. The lowest BCUT2D eigenvalue weighted by Crippen LogP contribution is -2.38. The van der Waals surface area contributed by atoms with Crippen molar-refractivity contribution in [3.8, 4) is 0 Å². The van der Waals surface area contributed by atoms with E-state index in [9.17, 15) is 0 Å². The van der Waals surface area contributed by atoms with Crippen LogP contribution in [-0.2, 0) is 0 Å². The van der Waals surface area contributed by atoms with E-state index in [-0.39, 0.29) is 0 Å². The molecule has 1 aromatic heterocycles. The number of pyridine rings is 1. The number of aromatic nitrogens is 1. The van der Waals surface area contributed by atoms with Gasteiger partial charge >= 0.3 is 0 Å². The van der Waals surface area contributed by atoms with Crippen molar-refractivity contribution in [3.63, 3.8) is 0 Å². The van der Waals surface area contributed by atoms with Gasteiger partial charge in [0.2, 0.25) is 0 Å². The van der Waals surface area contributed by atoms with Gasteiger partial charge in [0.1, 0.15) is 5.82 Å². The molecule has 3 heteroatoms. The van der Waals surface area contributed by atoms with E-state index in [2.05, 4.69) is 48.6 Å². The third-order valence-corrected chi connectivity index (χ3v) is 3.85. The van der Waals surface area contributed by atoms with Crippen molar-refractivity contribution in [1.29, 1.82) is 0 Å². The first kappa shape index (κ1) is 14.9. The largest absolute Gasteiger partial charge is 0.375 e. The number of allylic oxidation sites excluding steroid dienone is 1. The average Bonchev–Trinajstić information content (AvgIpc) is 2.38. The molecule has 0 aromatic carbocycles. The van der Waals surface area contributed by atoms with Crippen LogP contribution in [0, 0.1) is 12.8 Å². The van der Waals surface area contributed by atoms with E-state index < -0.39 is 0 Å². The highest BCUT2D eigenvalue weighted by molar-refractivity contribution is 5.38. The highest BCUT2D eigenvalue weighted by Crippen LogP contribution is 2.21. The first-order chi connectivity index (χ1) is 9.54. The second-order valence-corrected chi connectivity index (χ2v) is 6.29. The van der Waals surface area contributed by atoms with Crippen molar-refractivity contribution in [2.75, 3.05) is 18.4 Å². The Morgan fingerprint density at radius 1 is 1.45 bits per heavy atom. The zero-order valence-corrected chi connectivity index (χ0v) is 13.0. The minimum Gasteiger partial charge on any atom is -0.375 e. The fourth-order valence-electron chi connectivity index (χ4n) is 2.76. The Bertz CT molecular complexity index is 445. The van der Waals surface area contributed by atoms with Crippen molar-refractivity contribution in [2.45, 2.75) is 46.1 Å². The van der Waals surface area contributed by atoms with E-state index in [0.717, 1.165) is 38.2 Å². The van der Waals surface area contributed by atoms with Crippen molar-refractivity contribution in [2.24, 2.45) is 5.92 Å². The van der Waals surface area contributed by atoms with E-state index in [4.69, 9.17) is 0 Å². The van der Waals surface area contributed by atoms with Crippen LogP contribution >= 0.6 is 0 Å². The quantitative estimate of drug-likeness (QED) is 0.884. The van der Waals surface area contributed by atoms with Gasteiger partial charge in [-0.05, 0) is 49.8 Å². The molecule has 0 spiro atoms. The third kappa shape index (κ3) is 4.26. The van der Waals surface area contributed by atoms with Crippen LogP contribution in [0.25, 0.3) is 0 Å². The normalized spacial score (nSPS) is 16.5. The number of likely N-dealkylation sites (tertiary alicyclic amines) is 1. The van der Waals surface area contributed by atoms with E-state index in [1.54, 1.807) is 0 Å². The zero-order valence-electron chi connectivity index (χ0n) is 13.0. The van der Waals surface area contributed by atoms with Gasteiger partial charge in [0, 0.05) is 31.0 Å². The molecule has 1 aliphatic rings. The maximum absolute atomic E-state index is 4.38. The lowest BCUT2D eigenvalue weighted by molar-refractivity contribution is 0.259. The Morgan fingerprint density at radius 2 is 2.15 bits per heavy atom. The second kappa shape index (κ2) is 6.78. The fourth-order valence-corrected chi connectivity index (χ4v) is 2.76. The number of nitrogens with zero attached hydrogens (tertiary/aromatic N) is 2. The molecule has 1 fully saturated rings. The molecule has 0 amide bonds. The third-order valence-electron chi connectivity index (χ3n) is 3.85. The highest BCUT2D eigenvalue weighted by atomic mass is 15.2. The van der Waals surface area contributed by atoms with Gasteiger partial charge in [0.05, 0.1) is 0 Å². The van der Waals surface area contributed by atoms with Crippen molar-refractivity contribution in [1.82, 2.24) is 9.88 Å². The van der Waals surface area contributed by atoms with Gasteiger partial charge < -0.3 is 10.2 Å². The number of nitrogens with one attached hydrogen (secondary N) is 1. The summed E-state index contributed by atoms with van der Waals surface area (Å²) in [5.74, 6) is 1.69. The number of hydrogen-bond acceptors (Lipinski definition) is 3. The number of anilines is 1. The van der Waals surface area contributed by atoms with Gasteiger partial charge in [-0.15, -0.1) is 0 Å². The van der Waals surface area contributed by atoms with Crippen LogP contribution in [0.3, 0.4) is 0 Å². The molecule has 0 saturated carbocycles. The molecule has 0 bridgehead atoms. The van der Waals surface area contributed by atoms with Crippen LogP contribution in [0.15, 0.2) is 30.6 Å². The Balaban J connectivity index is 1.81. The van der Waals surface area contributed by atoms with Crippen molar-refractivity contribution in [3.05, 3.63) is 36.2 Å². The van der Waals surface area contributed by atoms with Crippen molar-refractivity contribution >= 4 is 5.82 Å². The van der Waals surface area contributed by atoms with Gasteiger partial charge in [-0.25, -0.2) is 4.98 Å². The zero-order chi connectivity index (χ0) is 14.5. The summed E-state index contributed by atoms with van der Waals surface area (Å²) in [6.45, 7) is 13.1. The summed E-state index contributed by atoms with van der Waals surface area (Å²) in [5.41, 5.74) is 2.55. The van der Waals surface area contributed by atoms with Crippen molar-refractivity contribution < 1.29 is 0 Å². The molecule has 0 unspecified atom stereocenters. The number of rotatable bonds is 5. The van der Waals surface area contributed by atoms with Gasteiger partial charge in [-0.1, -0.05) is 20.4 Å². The smallest absolute Gasteiger partial charge is 0.126 e. The molecule has 0 atom stereocenters. The molecular formula is C17H27N3. The van der Waals surface area contributed by atoms with E-state index in [1.807, 2.05) is 12.3 Å². The Morgan fingerprint density at radius 3 is 2.75 bits per heavy atom. The predicted molar refractivity (Wildman–Crippen MR) is 85.8 cm³/mol. The van der Waals surface area contributed by atoms with Crippen LogP contribution in [0.2, 0.25) is 0 Å². The van der Waals surface area contributed by atoms with Crippen LogP contribution < -0.4 is 5.32 Å². The Hall–Kier alpha value is -1.51. The Kier molecular flexibility index (Phi) is 5.05. The molecule has 1 N–H and O–H groups in total. The second-order valence-electron chi connectivity index (χ2n) is 6.29. The molecule has 2 heterocycles. The molecule has 1 saturated heterocycles. The van der Waals surface area contributed by atoms with Gasteiger partial charge in [0.25, 0.3) is 0 Å². The number of hydrogen-bond donors (Lipinski definition) is 1. The molecule has 1 aliphatic heterocycles. The summed E-state index contributed by atoms with van der Waals surface area (Å²) in [5, 5.41) is 3.55. The summed E-state index contributed by atoms with van der Waals surface area (Å²) >= 11 is 0. The van der Waals surface area contributed by atoms with Gasteiger partial charge in [0.15, 0.2) is 0 Å². The monoisotopic (exact) mass is 273 g/mol. The lowest BCUT2D eigenvalue weighted by Gasteiger charge is -2.35. The topological polar surface area (TPSA) is 28.2 Å². The lowest BCUT2D eigenvalue weighted by atomic mass is 10.0. The summed E-state index contributed by atoms with van der Waals surface area (Å²) in [4.78, 5) is 6.83. The summed E-state index contributed by atoms with van der Waals surface area (Å²) in [7, 11) is 0. The number of aryl methyl sites for hydroxylation is 1. The number of piperidine rings is 1.